The van der Waals surface area contributed by atoms with Crippen LogP contribution in [0.2, 0.25) is 0 Å². The van der Waals surface area contributed by atoms with Crippen molar-refractivity contribution in [3.8, 4) is 5.75 Å². The second kappa shape index (κ2) is 4.36. The number of nitrogens with zero attached hydrogens (tertiary/aromatic N) is 1. The van der Waals surface area contributed by atoms with Gasteiger partial charge in [-0.2, -0.15) is 0 Å². The first kappa shape index (κ1) is 10.2. The topological polar surface area (TPSA) is 76.0 Å². The highest BCUT2D eigenvalue weighted by molar-refractivity contribution is 5.90. The molecule has 0 amide bonds. The first-order valence-electron chi connectivity index (χ1n) is 4.02. The fraction of sp³-hybridized carbons (Fsp3) is 0.222. The minimum atomic E-state index is -0.544. The Bertz CT molecular complexity index is 362. The highest BCUT2D eigenvalue weighted by Gasteiger charge is 2.09. The second-order valence-electron chi connectivity index (χ2n) is 2.52. The molecule has 1 aromatic rings. The fourth-order valence-electron chi connectivity index (χ4n) is 0.938. The minimum Gasteiger partial charge on any atom is -0.506 e. The maximum atomic E-state index is 11.2. The molecule has 0 fully saturated rings. The van der Waals surface area contributed by atoms with Crippen molar-refractivity contribution in [1.29, 1.82) is 0 Å². The molecular formula is C9H9NO4. The van der Waals surface area contributed by atoms with Gasteiger partial charge in [0.15, 0.2) is 0 Å². The van der Waals surface area contributed by atoms with Crippen LogP contribution >= 0.6 is 0 Å². The molecule has 0 aliphatic carbocycles. The Kier molecular flexibility index (Phi) is 3.17. The number of nitroso groups, excluding NO2 is 1. The molecule has 0 aliphatic heterocycles. The lowest BCUT2D eigenvalue weighted by Gasteiger charge is -2.02. The molecule has 14 heavy (non-hydrogen) atoms. The van der Waals surface area contributed by atoms with E-state index in [9.17, 15) is 9.70 Å². The SMILES string of the molecule is CCOC(=O)c1ccc(O)c(N=O)c1. The molecule has 0 aliphatic rings. The first-order chi connectivity index (χ1) is 6.69. The van der Waals surface area contributed by atoms with Crippen molar-refractivity contribution in [3.63, 3.8) is 0 Å². The zero-order valence-electron chi connectivity index (χ0n) is 7.56. The molecular weight excluding hydrogens is 186 g/mol. The van der Waals surface area contributed by atoms with E-state index in [0.717, 1.165) is 0 Å². The summed E-state index contributed by atoms with van der Waals surface area (Å²) in [5.74, 6) is -0.801. The zero-order valence-corrected chi connectivity index (χ0v) is 7.56. The molecule has 0 bridgehead atoms. The number of hydrogen-bond donors (Lipinski definition) is 1. The molecule has 0 spiro atoms. The highest BCUT2D eigenvalue weighted by Crippen LogP contribution is 2.26. The summed E-state index contributed by atoms with van der Waals surface area (Å²) < 4.78 is 4.70. The molecule has 5 heteroatoms. The summed E-state index contributed by atoms with van der Waals surface area (Å²) in [6, 6.07) is 3.77. The van der Waals surface area contributed by atoms with E-state index in [-0.39, 0.29) is 23.6 Å². The lowest BCUT2D eigenvalue weighted by Crippen LogP contribution is -2.03. The van der Waals surface area contributed by atoms with Gasteiger partial charge in [-0.1, -0.05) is 0 Å². The van der Waals surface area contributed by atoms with Gasteiger partial charge < -0.3 is 9.84 Å². The summed E-state index contributed by atoms with van der Waals surface area (Å²) >= 11 is 0. The van der Waals surface area contributed by atoms with E-state index in [2.05, 4.69) is 5.18 Å². The largest absolute Gasteiger partial charge is 0.506 e. The lowest BCUT2D eigenvalue weighted by atomic mass is 10.2. The molecule has 0 radical (unpaired) electrons. The van der Waals surface area contributed by atoms with Crippen LogP contribution in [0.3, 0.4) is 0 Å². The number of aromatic hydroxyl groups is 1. The minimum absolute atomic E-state index is 0.171. The highest BCUT2D eigenvalue weighted by atomic mass is 16.5. The fourth-order valence-corrected chi connectivity index (χ4v) is 0.938. The van der Waals surface area contributed by atoms with Gasteiger partial charge in [-0.3, -0.25) is 0 Å². The molecule has 1 aromatic carbocycles. The van der Waals surface area contributed by atoms with Gasteiger partial charge in [-0.15, -0.1) is 4.91 Å². The smallest absolute Gasteiger partial charge is 0.338 e. The zero-order chi connectivity index (χ0) is 10.6. The maximum absolute atomic E-state index is 11.2. The summed E-state index contributed by atoms with van der Waals surface area (Å²) in [6.07, 6.45) is 0. The van der Waals surface area contributed by atoms with E-state index in [1.165, 1.54) is 18.2 Å². The van der Waals surface area contributed by atoms with Crippen LogP contribution in [0, 0.1) is 4.91 Å². The monoisotopic (exact) mass is 195 g/mol. The number of carbonyl (C=O) groups excluding carboxylic acids is 1. The Morgan fingerprint density at radius 2 is 2.29 bits per heavy atom. The van der Waals surface area contributed by atoms with Gasteiger partial charge >= 0.3 is 5.97 Å². The molecule has 1 N–H and O–H groups in total. The van der Waals surface area contributed by atoms with E-state index in [1.54, 1.807) is 6.92 Å². The molecule has 0 unspecified atom stereocenters. The normalized spacial score (nSPS) is 9.50. The van der Waals surface area contributed by atoms with Crippen molar-refractivity contribution in [2.24, 2.45) is 5.18 Å². The van der Waals surface area contributed by atoms with Crippen LogP contribution in [0.5, 0.6) is 5.75 Å². The quantitative estimate of drug-likeness (QED) is 0.590. The average molecular weight is 195 g/mol. The van der Waals surface area contributed by atoms with Crippen LogP contribution < -0.4 is 0 Å². The van der Waals surface area contributed by atoms with Crippen molar-refractivity contribution in [2.45, 2.75) is 6.92 Å². The number of esters is 1. The molecule has 0 heterocycles. The Balaban J connectivity index is 3.00. The van der Waals surface area contributed by atoms with Crippen molar-refractivity contribution in [3.05, 3.63) is 28.7 Å². The summed E-state index contributed by atoms with van der Waals surface area (Å²) in [5, 5.41) is 11.7. The number of rotatable bonds is 3. The predicted molar refractivity (Wildman–Crippen MR) is 49.5 cm³/mol. The van der Waals surface area contributed by atoms with E-state index >= 15 is 0 Å². The molecule has 74 valence electrons. The average Bonchev–Trinajstić information content (AvgIpc) is 2.19. The van der Waals surface area contributed by atoms with E-state index in [1.807, 2.05) is 0 Å². The summed E-state index contributed by atoms with van der Waals surface area (Å²) in [6.45, 7) is 1.93. The lowest BCUT2D eigenvalue weighted by molar-refractivity contribution is 0.0526. The van der Waals surface area contributed by atoms with Crippen molar-refractivity contribution < 1.29 is 14.6 Å². The first-order valence-corrected chi connectivity index (χ1v) is 4.02. The van der Waals surface area contributed by atoms with Crippen LogP contribution in [0.1, 0.15) is 17.3 Å². The van der Waals surface area contributed by atoms with Gasteiger partial charge in [-0.25, -0.2) is 4.79 Å². The van der Waals surface area contributed by atoms with Crippen LogP contribution in [0.15, 0.2) is 23.4 Å². The Hall–Kier alpha value is -1.91. The number of carbonyl (C=O) groups is 1. The van der Waals surface area contributed by atoms with Gasteiger partial charge in [0.2, 0.25) is 0 Å². The van der Waals surface area contributed by atoms with Gasteiger partial charge in [0.05, 0.1) is 12.2 Å². The van der Waals surface area contributed by atoms with Crippen LogP contribution in [-0.2, 0) is 4.74 Å². The standard InChI is InChI=1S/C9H9NO4/c1-2-14-9(12)6-3-4-8(11)7(5-6)10-13/h3-5,11H,2H2,1H3. The molecule has 0 saturated heterocycles. The van der Waals surface area contributed by atoms with Crippen LogP contribution in [0.4, 0.5) is 5.69 Å². The van der Waals surface area contributed by atoms with Crippen molar-refractivity contribution in [2.75, 3.05) is 6.61 Å². The summed E-state index contributed by atoms with van der Waals surface area (Å²) in [4.78, 5) is 21.4. The van der Waals surface area contributed by atoms with E-state index < -0.39 is 5.97 Å². The number of hydrogen-bond acceptors (Lipinski definition) is 5. The molecule has 0 atom stereocenters. The number of phenolic OH excluding ortho intramolecular Hbond substituents is 1. The number of benzene rings is 1. The van der Waals surface area contributed by atoms with Gasteiger partial charge in [-0.05, 0) is 30.3 Å². The maximum Gasteiger partial charge on any atom is 0.338 e. The van der Waals surface area contributed by atoms with Gasteiger partial charge in [0, 0.05) is 0 Å². The van der Waals surface area contributed by atoms with Gasteiger partial charge in [0.25, 0.3) is 0 Å². The molecule has 5 nitrogen and oxygen atoms in total. The molecule has 0 aromatic heterocycles. The third-order valence-electron chi connectivity index (χ3n) is 1.58. The van der Waals surface area contributed by atoms with Gasteiger partial charge in [0.1, 0.15) is 11.4 Å². The van der Waals surface area contributed by atoms with Crippen molar-refractivity contribution >= 4 is 11.7 Å². The number of ether oxygens (including phenoxy) is 1. The van der Waals surface area contributed by atoms with E-state index in [4.69, 9.17) is 9.84 Å². The number of phenols is 1. The summed E-state index contributed by atoms with van der Waals surface area (Å²) in [5.41, 5.74) is 0.0230. The molecule has 1 rings (SSSR count). The molecule has 0 saturated carbocycles. The Morgan fingerprint density at radius 1 is 1.57 bits per heavy atom. The van der Waals surface area contributed by atoms with Crippen LogP contribution in [0.25, 0.3) is 0 Å². The summed E-state index contributed by atoms with van der Waals surface area (Å²) in [7, 11) is 0. The van der Waals surface area contributed by atoms with E-state index in [0.29, 0.717) is 0 Å². The Labute approximate surface area is 80.3 Å². The Morgan fingerprint density at radius 3 is 2.86 bits per heavy atom. The van der Waals surface area contributed by atoms with Crippen LogP contribution in [-0.4, -0.2) is 17.7 Å². The third-order valence-corrected chi connectivity index (χ3v) is 1.58. The predicted octanol–water partition coefficient (Wildman–Crippen LogP) is 1.97. The second-order valence-corrected chi connectivity index (χ2v) is 2.52. The van der Waals surface area contributed by atoms with Crippen molar-refractivity contribution in [1.82, 2.24) is 0 Å². The third kappa shape index (κ3) is 2.07.